The second kappa shape index (κ2) is 4.40. The molecule has 0 saturated carbocycles. The average molecular weight is 223 g/mol. The molecular formula is C13H21NO2. The molecule has 0 spiro atoms. The SMILES string of the molecule is CCC(C)(CC(C)(C)C)C(=O)c1cnco1. The number of hydrogen-bond donors (Lipinski definition) is 0. The number of carbonyl (C=O) groups is 1. The van der Waals surface area contributed by atoms with Gasteiger partial charge in [-0.1, -0.05) is 34.6 Å². The van der Waals surface area contributed by atoms with Gasteiger partial charge in [0.1, 0.15) is 0 Å². The van der Waals surface area contributed by atoms with E-state index >= 15 is 0 Å². The Kier molecular flexibility index (Phi) is 3.56. The Bertz CT molecular complexity index is 349. The summed E-state index contributed by atoms with van der Waals surface area (Å²) in [5.41, 5.74) is -0.238. The molecule has 1 aromatic rings. The van der Waals surface area contributed by atoms with Crippen LogP contribution in [0.1, 0.15) is 58.0 Å². The Hall–Kier alpha value is -1.12. The fourth-order valence-corrected chi connectivity index (χ4v) is 2.16. The first-order valence-corrected chi connectivity index (χ1v) is 5.72. The minimum Gasteiger partial charge on any atom is -0.440 e. The predicted molar refractivity (Wildman–Crippen MR) is 63.3 cm³/mol. The van der Waals surface area contributed by atoms with E-state index in [2.05, 4.69) is 25.8 Å². The van der Waals surface area contributed by atoms with Crippen LogP contribution in [0.5, 0.6) is 0 Å². The fourth-order valence-electron chi connectivity index (χ4n) is 2.16. The van der Waals surface area contributed by atoms with Crippen LogP contribution in [0.15, 0.2) is 17.0 Å². The second-order valence-electron chi connectivity index (χ2n) is 5.85. The summed E-state index contributed by atoms with van der Waals surface area (Å²) in [7, 11) is 0. The standard InChI is InChI=1S/C13H21NO2/c1-6-13(5,8-12(2,3)4)11(15)10-7-14-9-16-10/h7,9H,6,8H2,1-5H3. The van der Waals surface area contributed by atoms with E-state index in [0.29, 0.717) is 5.76 Å². The highest BCUT2D eigenvalue weighted by Crippen LogP contribution is 2.38. The number of Topliss-reactive ketones (excluding diaryl/α,β-unsaturated/α-hetero) is 1. The molecule has 0 aromatic carbocycles. The van der Waals surface area contributed by atoms with E-state index < -0.39 is 0 Å². The van der Waals surface area contributed by atoms with Crippen LogP contribution in [0.25, 0.3) is 0 Å². The minimum atomic E-state index is -0.363. The molecule has 0 aliphatic heterocycles. The monoisotopic (exact) mass is 223 g/mol. The van der Waals surface area contributed by atoms with Gasteiger partial charge in [-0.3, -0.25) is 4.79 Å². The van der Waals surface area contributed by atoms with Crippen LogP contribution < -0.4 is 0 Å². The molecule has 0 N–H and O–H groups in total. The van der Waals surface area contributed by atoms with Crippen LogP contribution in [-0.4, -0.2) is 10.8 Å². The Morgan fingerprint density at radius 2 is 2.00 bits per heavy atom. The van der Waals surface area contributed by atoms with Gasteiger partial charge < -0.3 is 4.42 Å². The maximum Gasteiger partial charge on any atom is 0.205 e. The molecule has 16 heavy (non-hydrogen) atoms. The van der Waals surface area contributed by atoms with Gasteiger partial charge in [-0.25, -0.2) is 4.98 Å². The van der Waals surface area contributed by atoms with Crippen molar-refractivity contribution < 1.29 is 9.21 Å². The average Bonchev–Trinajstić information content (AvgIpc) is 2.66. The van der Waals surface area contributed by atoms with Crippen molar-refractivity contribution in [3.63, 3.8) is 0 Å². The van der Waals surface area contributed by atoms with Crippen molar-refractivity contribution in [2.24, 2.45) is 10.8 Å². The molecule has 0 amide bonds. The van der Waals surface area contributed by atoms with Crippen molar-refractivity contribution in [3.05, 3.63) is 18.4 Å². The van der Waals surface area contributed by atoms with Crippen LogP contribution in [0, 0.1) is 10.8 Å². The van der Waals surface area contributed by atoms with E-state index in [0.717, 1.165) is 12.8 Å². The molecule has 0 fully saturated rings. The number of nitrogens with zero attached hydrogens (tertiary/aromatic N) is 1. The summed E-state index contributed by atoms with van der Waals surface area (Å²) < 4.78 is 5.10. The molecule has 0 bridgehead atoms. The Balaban J connectivity index is 2.93. The van der Waals surface area contributed by atoms with E-state index in [1.165, 1.54) is 12.6 Å². The third-order valence-corrected chi connectivity index (χ3v) is 2.91. The zero-order valence-electron chi connectivity index (χ0n) is 10.8. The molecule has 3 heteroatoms. The zero-order valence-corrected chi connectivity index (χ0v) is 10.8. The van der Waals surface area contributed by atoms with Crippen molar-refractivity contribution >= 4 is 5.78 Å². The van der Waals surface area contributed by atoms with Gasteiger partial charge in [0.15, 0.2) is 12.2 Å². The predicted octanol–water partition coefficient (Wildman–Crippen LogP) is 3.71. The Morgan fingerprint density at radius 3 is 2.38 bits per heavy atom. The summed E-state index contributed by atoms with van der Waals surface area (Å²) in [5, 5.41) is 0. The van der Waals surface area contributed by atoms with E-state index in [4.69, 9.17) is 4.42 Å². The summed E-state index contributed by atoms with van der Waals surface area (Å²) in [6.45, 7) is 10.5. The second-order valence-corrected chi connectivity index (χ2v) is 5.85. The minimum absolute atomic E-state index is 0.0578. The van der Waals surface area contributed by atoms with E-state index in [9.17, 15) is 4.79 Å². The van der Waals surface area contributed by atoms with Gasteiger partial charge in [-0.2, -0.15) is 0 Å². The summed E-state index contributed by atoms with van der Waals surface area (Å²) in [5.74, 6) is 0.427. The lowest BCUT2D eigenvalue weighted by atomic mass is 9.70. The quantitative estimate of drug-likeness (QED) is 0.731. The first-order chi connectivity index (χ1) is 7.28. The topological polar surface area (TPSA) is 43.1 Å². The summed E-state index contributed by atoms with van der Waals surface area (Å²) in [6.07, 6.45) is 4.46. The van der Waals surface area contributed by atoms with Crippen molar-refractivity contribution in [1.29, 1.82) is 0 Å². The van der Waals surface area contributed by atoms with Gasteiger partial charge in [0, 0.05) is 5.41 Å². The molecule has 0 radical (unpaired) electrons. The van der Waals surface area contributed by atoms with E-state index in [1.807, 2.05) is 13.8 Å². The highest BCUT2D eigenvalue weighted by atomic mass is 16.3. The molecule has 90 valence electrons. The van der Waals surface area contributed by atoms with Crippen molar-refractivity contribution in [3.8, 4) is 0 Å². The fraction of sp³-hybridized carbons (Fsp3) is 0.692. The number of carbonyl (C=O) groups excluding carboxylic acids is 1. The van der Waals surface area contributed by atoms with E-state index in [1.54, 1.807) is 0 Å². The third-order valence-electron chi connectivity index (χ3n) is 2.91. The molecular weight excluding hydrogens is 202 g/mol. The molecule has 1 aromatic heterocycles. The molecule has 1 rings (SSSR count). The highest BCUT2D eigenvalue weighted by Gasteiger charge is 2.37. The maximum atomic E-state index is 12.3. The molecule has 1 unspecified atom stereocenters. The van der Waals surface area contributed by atoms with Crippen LogP contribution in [0.2, 0.25) is 0 Å². The number of oxazole rings is 1. The zero-order chi connectivity index (χ0) is 12.4. The van der Waals surface area contributed by atoms with Crippen molar-refractivity contribution in [2.45, 2.75) is 47.5 Å². The summed E-state index contributed by atoms with van der Waals surface area (Å²) in [6, 6.07) is 0. The van der Waals surface area contributed by atoms with Gasteiger partial charge in [-0.05, 0) is 18.3 Å². The lowest BCUT2D eigenvalue weighted by Crippen LogP contribution is -2.31. The molecule has 0 saturated heterocycles. The van der Waals surface area contributed by atoms with Gasteiger partial charge in [0.05, 0.1) is 6.20 Å². The number of aromatic nitrogens is 1. The molecule has 1 atom stereocenters. The first-order valence-electron chi connectivity index (χ1n) is 5.72. The molecule has 3 nitrogen and oxygen atoms in total. The molecule has 1 heterocycles. The van der Waals surface area contributed by atoms with Gasteiger partial charge in [-0.15, -0.1) is 0 Å². The van der Waals surface area contributed by atoms with Gasteiger partial charge in [0.2, 0.25) is 5.78 Å². The van der Waals surface area contributed by atoms with Gasteiger partial charge >= 0.3 is 0 Å². The third kappa shape index (κ3) is 2.94. The summed E-state index contributed by atoms with van der Waals surface area (Å²) >= 11 is 0. The first kappa shape index (κ1) is 12.9. The van der Waals surface area contributed by atoms with Gasteiger partial charge in [0.25, 0.3) is 0 Å². The maximum absolute atomic E-state index is 12.3. The Morgan fingerprint density at radius 1 is 1.38 bits per heavy atom. The number of rotatable bonds is 4. The molecule has 0 aliphatic rings. The molecule has 0 aliphatic carbocycles. The normalized spacial score (nSPS) is 15.8. The lowest BCUT2D eigenvalue weighted by molar-refractivity contribution is 0.0697. The van der Waals surface area contributed by atoms with Crippen LogP contribution in [-0.2, 0) is 0 Å². The largest absolute Gasteiger partial charge is 0.440 e. The highest BCUT2D eigenvalue weighted by molar-refractivity contribution is 5.97. The van der Waals surface area contributed by atoms with E-state index in [-0.39, 0.29) is 16.6 Å². The van der Waals surface area contributed by atoms with Crippen molar-refractivity contribution in [1.82, 2.24) is 4.98 Å². The number of ketones is 1. The lowest BCUT2D eigenvalue weighted by Gasteiger charge is -2.32. The van der Waals surface area contributed by atoms with Crippen LogP contribution in [0.3, 0.4) is 0 Å². The smallest absolute Gasteiger partial charge is 0.205 e. The van der Waals surface area contributed by atoms with Crippen LogP contribution in [0.4, 0.5) is 0 Å². The van der Waals surface area contributed by atoms with Crippen LogP contribution >= 0.6 is 0 Å². The summed E-state index contributed by atoms with van der Waals surface area (Å²) in [4.78, 5) is 16.1. The van der Waals surface area contributed by atoms with Crippen molar-refractivity contribution in [2.75, 3.05) is 0 Å². The number of hydrogen-bond acceptors (Lipinski definition) is 3. The Labute approximate surface area is 97.3 Å².